The van der Waals surface area contributed by atoms with E-state index in [0.717, 1.165) is 17.4 Å². The van der Waals surface area contributed by atoms with Crippen LogP contribution in [-0.4, -0.2) is 34.0 Å². The molecule has 11 nitrogen and oxygen atoms in total. The Morgan fingerprint density at radius 3 is 2.67 bits per heavy atom. The maximum Gasteiger partial charge on any atom is 0.433 e. The summed E-state index contributed by atoms with van der Waals surface area (Å²) in [6.45, 7) is 0.601. The minimum atomic E-state index is -0.796. The van der Waals surface area contributed by atoms with Gasteiger partial charge < -0.3 is 13.7 Å². The average molecular weight is 392 g/mol. The van der Waals surface area contributed by atoms with Crippen molar-refractivity contribution < 1.29 is 23.8 Å². The molecule has 0 spiro atoms. The van der Waals surface area contributed by atoms with Crippen LogP contribution >= 0.6 is 11.3 Å². The van der Waals surface area contributed by atoms with Crippen LogP contribution in [0, 0.1) is 20.2 Å². The third-order valence-corrected chi connectivity index (χ3v) is 4.63. The predicted octanol–water partition coefficient (Wildman–Crippen LogP) is 2.50. The molecule has 0 aliphatic carbocycles. The lowest BCUT2D eigenvalue weighted by molar-refractivity contribution is -0.402. The zero-order valence-electron chi connectivity index (χ0n) is 13.9. The summed E-state index contributed by atoms with van der Waals surface area (Å²) in [5, 5.41) is 21.7. The van der Waals surface area contributed by atoms with E-state index in [9.17, 15) is 25.0 Å². The van der Waals surface area contributed by atoms with Crippen LogP contribution in [-0.2, 0) is 11.3 Å². The van der Waals surface area contributed by atoms with Crippen LogP contribution in [0.2, 0.25) is 0 Å². The average Bonchev–Trinajstić information content (AvgIpc) is 3.24. The first kappa shape index (κ1) is 18.4. The molecule has 0 unspecified atom stereocenters. The maximum atomic E-state index is 12.3. The number of methoxy groups -OCH3 is 1. The third kappa shape index (κ3) is 3.75. The van der Waals surface area contributed by atoms with Gasteiger partial charge in [-0.15, -0.1) is 0 Å². The molecular weight excluding hydrogens is 380 g/mol. The molecule has 2 heterocycles. The number of thiazole rings is 1. The number of benzene rings is 1. The van der Waals surface area contributed by atoms with E-state index in [0.29, 0.717) is 23.4 Å². The molecule has 0 atom stereocenters. The number of rotatable bonds is 6. The Morgan fingerprint density at radius 1 is 1.26 bits per heavy atom. The highest BCUT2D eigenvalue weighted by Gasteiger charge is 2.18. The second kappa shape index (κ2) is 7.47. The molecule has 0 bridgehead atoms. The number of carbonyl (C=O) groups excluding carboxylic acids is 1. The van der Waals surface area contributed by atoms with Crippen LogP contribution in [0.25, 0.3) is 10.2 Å². The number of carbonyl (C=O) groups is 1. The van der Waals surface area contributed by atoms with E-state index in [1.807, 2.05) is 0 Å². The molecule has 27 heavy (non-hydrogen) atoms. The zero-order chi connectivity index (χ0) is 19.6. The van der Waals surface area contributed by atoms with Crippen molar-refractivity contribution in [3.05, 3.63) is 61.1 Å². The van der Waals surface area contributed by atoms with Crippen LogP contribution in [0.3, 0.4) is 0 Å². The largest absolute Gasteiger partial charge is 0.433 e. The van der Waals surface area contributed by atoms with E-state index in [4.69, 9.17) is 9.15 Å². The second-order valence-corrected chi connectivity index (χ2v) is 6.26. The minimum Gasteiger partial charge on any atom is -0.395 e. The van der Waals surface area contributed by atoms with Gasteiger partial charge in [0.25, 0.3) is 5.69 Å². The monoisotopic (exact) mass is 392 g/mol. The van der Waals surface area contributed by atoms with E-state index in [2.05, 4.69) is 4.99 Å². The summed E-state index contributed by atoms with van der Waals surface area (Å²) in [6.07, 6.45) is 0. The van der Waals surface area contributed by atoms with E-state index in [1.54, 1.807) is 10.6 Å². The van der Waals surface area contributed by atoms with Crippen LogP contribution in [0.1, 0.15) is 10.6 Å². The van der Waals surface area contributed by atoms with Crippen molar-refractivity contribution in [1.82, 2.24) is 4.57 Å². The fourth-order valence-electron chi connectivity index (χ4n) is 2.34. The summed E-state index contributed by atoms with van der Waals surface area (Å²) in [7, 11) is 1.50. The van der Waals surface area contributed by atoms with Crippen molar-refractivity contribution >= 4 is 39.0 Å². The molecule has 0 saturated carbocycles. The summed E-state index contributed by atoms with van der Waals surface area (Å²) in [5.74, 6) is -1.63. The van der Waals surface area contributed by atoms with Gasteiger partial charge in [-0.3, -0.25) is 25.0 Å². The molecule has 3 rings (SSSR count). The standard InChI is InChI=1S/C15H12N4O7S/c1-25-7-6-17-10-8-9(18(21)22)2-4-12(10)27-15(17)16-14(20)11-3-5-13(26-11)19(23)24/h2-5,8H,6-7H2,1H3. The van der Waals surface area contributed by atoms with Gasteiger partial charge in [-0.05, 0) is 12.1 Å². The third-order valence-electron chi connectivity index (χ3n) is 3.58. The number of hydrogen-bond acceptors (Lipinski definition) is 8. The van der Waals surface area contributed by atoms with Crippen LogP contribution < -0.4 is 4.80 Å². The van der Waals surface area contributed by atoms with Gasteiger partial charge in [0, 0.05) is 25.8 Å². The molecule has 1 aromatic carbocycles. The molecule has 140 valence electrons. The van der Waals surface area contributed by atoms with Gasteiger partial charge in [-0.2, -0.15) is 4.99 Å². The highest BCUT2D eigenvalue weighted by atomic mass is 32.1. The van der Waals surface area contributed by atoms with E-state index < -0.39 is 21.6 Å². The summed E-state index contributed by atoms with van der Waals surface area (Å²) in [5.41, 5.74) is 0.439. The molecule has 12 heteroatoms. The fraction of sp³-hybridized carbons (Fsp3) is 0.200. The number of fused-ring (bicyclic) bond motifs is 1. The molecule has 0 N–H and O–H groups in total. The van der Waals surface area contributed by atoms with Gasteiger partial charge in [-0.25, -0.2) is 0 Å². The SMILES string of the molecule is COCCn1c(=NC(=O)c2ccc([N+](=O)[O-])o2)sc2ccc([N+](=O)[O-])cc21. The number of ether oxygens (including phenoxy) is 1. The predicted molar refractivity (Wildman–Crippen MR) is 93.6 cm³/mol. The molecule has 0 aliphatic rings. The van der Waals surface area contributed by atoms with Gasteiger partial charge in [0.1, 0.15) is 4.92 Å². The topological polar surface area (TPSA) is 143 Å². The van der Waals surface area contributed by atoms with Gasteiger partial charge >= 0.3 is 11.8 Å². The quantitative estimate of drug-likeness (QED) is 0.463. The Kier molecular flexibility index (Phi) is 5.09. The molecule has 2 aromatic heterocycles. The first-order chi connectivity index (χ1) is 12.9. The summed E-state index contributed by atoms with van der Waals surface area (Å²) in [6, 6.07) is 6.56. The molecule has 1 amide bonds. The number of nitrogens with zero attached hydrogens (tertiary/aromatic N) is 4. The maximum absolute atomic E-state index is 12.3. The molecular formula is C15H12N4O7S. The Labute approximate surface area is 154 Å². The highest BCUT2D eigenvalue weighted by molar-refractivity contribution is 7.16. The van der Waals surface area contributed by atoms with Crippen molar-refractivity contribution in [2.24, 2.45) is 4.99 Å². The second-order valence-electron chi connectivity index (χ2n) is 5.25. The first-order valence-corrected chi connectivity index (χ1v) is 8.32. The fourth-order valence-corrected chi connectivity index (χ4v) is 3.37. The summed E-state index contributed by atoms with van der Waals surface area (Å²) in [4.78, 5) is 37.0. The molecule has 3 aromatic rings. The van der Waals surface area contributed by atoms with Crippen molar-refractivity contribution in [2.75, 3.05) is 13.7 Å². The van der Waals surface area contributed by atoms with Crippen molar-refractivity contribution in [3.63, 3.8) is 0 Å². The van der Waals surface area contributed by atoms with E-state index in [-0.39, 0.29) is 16.2 Å². The Bertz CT molecular complexity index is 1110. The molecule has 0 radical (unpaired) electrons. The normalized spacial score (nSPS) is 11.8. The number of nitro benzene ring substituents is 1. The summed E-state index contributed by atoms with van der Waals surface area (Å²) < 4.78 is 12.2. The molecule has 0 aliphatic heterocycles. The zero-order valence-corrected chi connectivity index (χ0v) is 14.7. The molecule has 0 saturated heterocycles. The first-order valence-electron chi connectivity index (χ1n) is 7.50. The molecule has 0 fully saturated rings. The van der Waals surface area contributed by atoms with Crippen LogP contribution in [0.15, 0.2) is 39.7 Å². The lowest BCUT2D eigenvalue weighted by Gasteiger charge is -2.03. The number of amides is 1. The van der Waals surface area contributed by atoms with Crippen LogP contribution in [0.5, 0.6) is 0 Å². The lowest BCUT2D eigenvalue weighted by atomic mass is 10.3. The van der Waals surface area contributed by atoms with Gasteiger partial charge in [0.15, 0.2) is 4.80 Å². The van der Waals surface area contributed by atoms with E-state index in [1.165, 1.54) is 25.3 Å². The van der Waals surface area contributed by atoms with Crippen LogP contribution in [0.4, 0.5) is 11.6 Å². The van der Waals surface area contributed by atoms with Gasteiger partial charge in [0.05, 0.1) is 27.8 Å². The highest BCUT2D eigenvalue weighted by Crippen LogP contribution is 2.23. The van der Waals surface area contributed by atoms with Crippen molar-refractivity contribution in [2.45, 2.75) is 6.54 Å². The number of non-ortho nitro benzene ring substituents is 1. The minimum absolute atomic E-state index is 0.0917. The number of nitro groups is 2. The summed E-state index contributed by atoms with van der Waals surface area (Å²) >= 11 is 1.15. The number of hydrogen-bond donors (Lipinski definition) is 0. The number of aromatic nitrogens is 1. The van der Waals surface area contributed by atoms with Crippen molar-refractivity contribution in [1.29, 1.82) is 0 Å². The Morgan fingerprint density at radius 2 is 2.04 bits per heavy atom. The number of furan rings is 1. The smallest absolute Gasteiger partial charge is 0.395 e. The lowest BCUT2D eigenvalue weighted by Crippen LogP contribution is -2.19. The van der Waals surface area contributed by atoms with Gasteiger partial charge in [0.2, 0.25) is 5.76 Å². The van der Waals surface area contributed by atoms with E-state index >= 15 is 0 Å². The van der Waals surface area contributed by atoms with Crippen molar-refractivity contribution in [3.8, 4) is 0 Å². The Hall–Kier alpha value is -3.38. The van der Waals surface area contributed by atoms with Gasteiger partial charge in [-0.1, -0.05) is 11.3 Å². The Balaban J connectivity index is 2.10.